The average molecular weight is 623 g/mol. The summed E-state index contributed by atoms with van der Waals surface area (Å²) in [5.41, 5.74) is 4.59. The Kier molecular flexibility index (Phi) is 5.68. The summed E-state index contributed by atoms with van der Waals surface area (Å²) in [6.45, 7) is 0. The highest BCUT2D eigenvalue weighted by Crippen LogP contribution is 2.37. The molecular formula is C31H17Br2N3O2. The Hall–Kier alpha value is -4.07. The molecule has 5 nitrogen and oxygen atoms in total. The molecule has 7 rings (SSSR count). The average Bonchev–Trinajstić information content (AvgIpc) is 3.63. The van der Waals surface area contributed by atoms with Gasteiger partial charge in [-0.2, -0.15) is 0 Å². The lowest BCUT2D eigenvalue weighted by Crippen LogP contribution is -1.93. The molecule has 7 aromatic rings. The number of hydrogen-bond acceptors (Lipinski definition) is 5. The summed E-state index contributed by atoms with van der Waals surface area (Å²) >= 11 is 7.24. The highest BCUT2D eigenvalue weighted by Gasteiger charge is 2.21. The van der Waals surface area contributed by atoms with Crippen molar-refractivity contribution in [1.82, 2.24) is 15.0 Å². The predicted octanol–water partition coefficient (Wildman–Crippen LogP) is 9.56. The topological polar surface area (TPSA) is 65.0 Å². The van der Waals surface area contributed by atoms with Crippen molar-refractivity contribution in [3.8, 4) is 45.7 Å². The van der Waals surface area contributed by atoms with E-state index >= 15 is 0 Å². The summed E-state index contributed by atoms with van der Waals surface area (Å²) in [5.74, 6) is 0.795. The van der Waals surface area contributed by atoms with Crippen molar-refractivity contribution in [3.63, 3.8) is 0 Å². The summed E-state index contributed by atoms with van der Waals surface area (Å²) in [6.07, 6.45) is 3.33. The molecule has 0 fully saturated rings. The second-order valence-electron chi connectivity index (χ2n) is 8.78. The van der Waals surface area contributed by atoms with E-state index in [1.807, 2.05) is 54.6 Å². The van der Waals surface area contributed by atoms with Crippen molar-refractivity contribution >= 4 is 53.4 Å². The van der Waals surface area contributed by atoms with Gasteiger partial charge in [-0.05, 0) is 59.5 Å². The van der Waals surface area contributed by atoms with Gasteiger partial charge in [0.15, 0.2) is 0 Å². The molecule has 3 heterocycles. The molecule has 0 radical (unpaired) electrons. The van der Waals surface area contributed by atoms with E-state index in [1.165, 1.54) is 0 Å². The molecule has 0 saturated heterocycles. The van der Waals surface area contributed by atoms with Crippen LogP contribution >= 0.6 is 31.9 Å². The highest BCUT2D eigenvalue weighted by atomic mass is 79.9. The first-order valence-electron chi connectivity index (χ1n) is 11.9. The molecule has 0 atom stereocenters. The van der Waals surface area contributed by atoms with Crippen molar-refractivity contribution in [3.05, 3.63) is 112 Å². The molecule has 3 aromatic heterocycles. The van der Waals surface area contributed by atoms with E-state index in [4.69, 9.17) is 23.8 Å². The Balaban J connectivity index is 1.29. The van der Waals surface area contributed by atoms with Gasteiger partial charge in [-0.1, -0.05) is 84.9 Å². The van der Waals surface area contributed by atoms with E-state index in [1.54, 1.807) is 12.5 Å². The number of hydrogen-bond donors (Lipinski definition) is 0. The minimum atomic E-state index is 0.398. The van der Waals surface area contributed by atoms with Crippen LogP contribution in [0.15, 0.2) is 121 Å². The van der Waals surface area contributed by atoms with Gasteiger partial charge in [0.1, 0.15) is 35.3 Å². The number of fused-ring (bicyclic) bond motifs is 2. The summed E-state index contributed by atoms with van der Waals surface area (Å²) < 4.78 is 13.3. The number of rotatable bonds is 4. The van der Waals surface area contributed by atoms with Crippen LogP contribution in [-0.2, 0) is 0 Å². The second-order valence-corrected chi connectivity index (χ2v) is 10.5. The Morgan fingerprint density at radius 3 is 1.45 bits per heavy atom. The molecule has 7 heteroatoms. The first kappa shape index (κ1) is 23.1. The van der Waals surface area contributed by atoms with Crippen LogP contribution < -0.4 is 0 Å². The summed E-state index contributed by atoms with van der Waals surface area (Å²) in [6, 6.07) is 30.6. The predicted molar refractivity (Wildman–Crippen MR) is 157 cm³/mol. The summed E-state index contributed by atoms with van der Waals surface area (Å²) in [5, 5.41) is 4.51. The lowest BCUT2D eigenvalue weighted by Gasteiger charge is -2.05. The zero-order valence-electron chi connectivity index (χ0n) is 19.7. The number of nitrogens with zero attached hydrogens (tertiary/aromatic N) is 3. The molecule has 4 aromatic carbocycles. The minimum absolute atomic E-state index is 0.398. The van der Waals surface area contributed by atoms with Crippen molar-refractivity contribution in [2.45, 2.75) is 0 Å². The zero-order valence-corrected chi connectivity index (χ0v) is 22.9. The van der Waals surface area contributed by atoms with Crippen LogP contribution in [0.3, 0.4) is 0 Å². The quantitative estimate of drug-likeness (QED) is 0.195. The molecule has 0 saturated carbocycles. The minimum Gasteiger partial charge on any atom is -0.443 e. The van der Waals surface area contributed by atoms with Crippen LogP contribution in [0.5, 0.6) is 0 Å². The van der Waals surface area contributed by atoms with Gasteiger partial charge < -0.3 is 8.83 Å². The van der Waals surface area contributed by atoms with Gasteiger partial charge in [0.2, 0.25) is 11.8 Å². The van der Waals surface area contributed by atoms with E-state index in [0.29, 0.717) is 23.2 Å². The standard InChI is InChI=1S/C31H17Br2N3O2/c32-24-15-25(33)29(31-35-27(17-38-31)23-14-6-10-19-8-2-4-12-21(19)23)36-28(24)30-34-26(16-37-30)22-13-5-9-18-7-1-3-11-20(18)22/h1-17H. The molecule has 182 valence electrons. The number of pyridine rings is 1. The maximum absolute atomic E-state index is 5.92. The van der Waals surface area contributed by atoms with E-state index in [-0.39, 0.29) is 0 Å². The van der Waals surface area contributed by atoms with Gasteiger partial charge >= 0.3 is 0 Å². The fourth-order valence-electron chi connectivity index (χ4n) is 4.68. The van der Waals surface area contributed by atoms with Gasteiger partial charge in [-0.15, -0.1) is 0 Å². The third kappa shape index (κ3) is 3.95. The van der Waals surface area contributed by atoms with Crippen LogP contribution in [-0.4, -0.2) is 15.0 Å². The SMILES string of the molecule is Brc1cc(Br)c(-c2nc(-c3cccc4ccccc34)co2)nc1-c1nc(-c2cccc3ccccc23)co1. The number of benzene rings is 4. The van der Waals surface area contributed by atoms with Crippen molar-refractivity contribution in [2.75, 3.05) is 0 Å². The maximum Gasteiger partial charge on any atom is 0.246 e. The molecule has 0 bridgehead atoms. The monoisotopic (exact) mass is 621 g/mol. The van der Waals surface area contributed by atoms with Crippen molar-refractivity contribution < 1.29 is 8.83 Å². The molecule has 0 N–H and O–H groups in total. The summed E-state index contributed by atoms with van der Waals surface area (Å²) in [7, 11) is 0. The number of oxazole rings is 2. The van der Waals surface area contributed by atoms with E-state index < -0.39 is 0 Å². The molecule has 0 aliphatic heterocycles. The Bertz CT molecular complexity index is 1830. The lowest BCUT2D eigenvalue weighted by atomic mass is 10.0. The van der Waals surface area contributed by atoms with E-state index in [2.05, 4.69) is 68.3 Å². The molecule has 0 aliphatic carbocycles. The van der Waals surface area contributed by atoms with Gasteiger partial charge in [-0.3, -0.25) is 0 Å². The smallest absolute Gasteiger partial charge is 0.246 e. The maximum atomic E-state index is 5.92. The third-order valence-electron chi connectivity index (χ3n) is 6.47. The Morgan fingerprint density at radius 1 is 0.500 bits per heavy atom. The Morgan fingerprint density at radius 2 is 0.947 bits per heavy atom. The normalized spacial score (nSPS) is 11.4. The van der Waals surface area contributed by atoms with Gasteiger partial charge in [0.05, 0.1) is 0 Å². The molecule has 0 unspecified atom stereocenters. The molecule has 0 aliphatic rings. The van der Waals surface area contributed by atoms with Crippen LogP contribution in [0.4, 0.5) is 0 Å². The number of aromatic nitrogens is 3. The summed E-state index contributed by atoms with van der Waals surface area (Å²) in [4.78, 5) is 14.4. The van der Waals surface area contributed by atoms with Crippen molar-refractivity contribution in [2.24, 2.45) is 0 Å². The first-order valence-corrected chi connectivity index (χ1v) is 13.5. The van der Waals surface area contributed by atoms with Crippen LogP contribution in [0.25, 0.3) is 67.2 Å². The first-order chi connectivity index (χ1) is 18.7. The van der Waals surface area contributed by atoms with Gasteiger partial charge in [-0.25, -0.2) is 15.0 Å². The zero-order chi connectivity index (χ0) is 25.6. The van der Waals surface area contributed by atoms with Gasteiger partial charge in [0.25, 0.3) is 0 Å². The van der Waals surface area contributed by atoms with E-state index in [9.17, 15) is 0 Å². The van der Waals surface area contributed by atoms with Crippen LogP contribution in [0.1, 0.15) is 0 Å². The Labute approximate surface area is 234 Å². The molecule has 0 spiro atoms. The highest BCUT2D eigenvalue weighted by molar-refractivity contribution is 9.11. The molecular weight excluding hydrogens is 606 g/mol. The third-order valence-corrected chi connectivity index (χ3v) is 7.68. The number of halogens is 2. The lowest BCUT2D eigenvalue weighted by molar-refractivity contribution is 0.567. The van der Waals surface area contributed by atoms with Crippen LogP contribution in [0, 0.1) is 0 Å². The van der Waals surface area contributed by atoms with E-state index in [0.717, 1.165) is 53.0 Å². The van der Waals surface area contributed by atoms with Gasteiger partial charge in [0, 0.05) is 20.1 Å². The van der Waals surface area contributed by atoms with Crippen LogP contribution in [0.2, 0.25) is 0 Å². The fraction of sp³-hybridized carbons (Fsp3) is 0. The molecule has 0 amide bonds. The van der Waals surface area contributed by atoms with Crippen molar-refractivity contribution in [1.29, 1.82) is 0 Å². The fourth-order valence-corrected chi connectivity index (χ4v) is 5.96. The largest absolute Gasteiger partial charge is 0.443 e. The second kappa shape index (κ2) is 9.35. The molecule has 38 heavy (non-hydrogen) atoms.